The van der Waals surface area contributed by atoms with Crippen molar-refractivity contribution in [1.29, 1.82) is 0 Å². The molecule has 1 aromatic carbocycles. The van der Waals surface area contributed by atoms with Crippen LogP contribution in [0.2, 0.25) is 5.02 Å². The fourth-order valence-corrected chi connectivity index (χ4v) is 2.22. The highest BCUT2D eigenvalue weighted by molar-refractivity contribution is 6.31. The maximum absolute atomic E-state index is 10.7. The molecule has 0 radical (unpaired) electrons. The zero-order chi connectivity index (χ0) is 14.9. The van der Waals surface area contributed by atoms with E-state index in [4.69, 9.17) is 17.3 Å². The minimum absolute atomic E-state index is 0.0408. The molecule has 0 spiro atoms. The van der Waals surface area contributed by atoms with Gasteiger partial charge in [-0.15, -0.1) is 5.10 Å². The Hall–Kier alpha value is -2.15. The molecule has 7 nitrogen and oxygen atoms in total. The Bertz CT molecular complexity index is 653. The predicted molar refractivity (Wildman–Crippen MR) is 75.7 cm³/mol. The Morgan fingerprint density at radius 2 is 2.20 bits per heavy atom. The van der Waals surface area contributed by atoms with Gasteiger partial charge in [-0.05, 0) is 17.5 Å². The number of nitrogens with two attached hydrogens (primary N) is 1. The molecule has 0 atom stereocenters. The summed E-state index contributed by atoms with van der Waals surface area (Å²) in [6.07, 6.45) is 0. The van der Waals surface area contributed by atoms with E-state index in [9.17, 15) is 10.1 Å². The number of aromatic nitrogens is 3. The Morgan fingerprint density at radius 3 is 2.75 bits per heavy atom. The normalized spacial score (nSPS) is 11.0. The first-order valence-electron chi connectivity index (χ1n) is 6.01. The van der Waals surface area contributed by atoms with Crippen molar-refractivity contribution in [3.63, 3.8) is 0 Å². The molecule has 0 aliphatic rings. The van der Waals surface area contributed by atoms with E-state index in [-0.39, 0.29) is 11.6 Å². The summed E-state index contributed by atoms with van der Waals surface area (Å²) >= 11 is 6.06. The highest BCUT2D eigenvalue weighted by atomic mass is 35.5. The number of non-ortho nitro benzene ring substituents is 1. The lowest BCUT2D eigenvalue weighted by Crippen LogP contribution is -2.09. The first kappa shape index (κ1) is 14.3. The minimum atomic E-state index is -0.483. The Labute approximate surface area is 120 Å². The number of benzene rings is 1. The van der Waals surface area contributed by atoms with Gasteiger partial charge in [0, 0.05) is 12.1 Å². The molecule has 0 aliphatic heterocycles. The monoisotopic (exact) mass is 295 g/mol. The van der Waals surface area contributed by atoms with Crippen LogP contribution in [0.3, 0.4) is 0 Å². The van der Waals surface area contributed by atoms with Crippen molar-refractivity contribution in [2.75, 3.05) is 5.73 Å². The van der Waals surface area contributed by atoms with E-state index in [2.05, 4.69) is 10.3 Å². The van der Waals surface area contributed by atoms with Crippen LogP contribution in [0.4, 0.5) is 11.5 Å². The second-order valence-electron chi connectivity index (χ2n) is 4.71. The molecule has 0 aliphatic carbocycles. The highest BCUT2D eigenvalue weighted by Crippen LogP contribution is 2.25. The average Bonchev–Trinajstić information content (AvgIpc) is 2.72. The summed E-state index contributed by atoms with van der Waals surface area (Å²) in [5, 5.41) is 18.8. The molecule has 2 aromatic rings. The van der Waals surface area contributed by atoms with Crippen molar-refractivity contribution in [2.45, 2.75) is 26.3 Å². The third-order valence-corrected chi connectivity index (χ3v) is 3.27. The van der Waals surface area contributed by atoms with Gasteiger partial charge < -0.3 is 5.73 Å². The smallest absolute Gasteiger partial charge is 0.270 e. The predicted octanol–water partition coefficient (Wildman–Crippen LogP) is 2.59. The molecule has 2 N–H and O–H groups in total. The number of anilines is 1. The van der Waals surface area contributed by atoms with Crippen LogP contribution in [0.1, 0.15) is 31.0 Å². The van der Waals surface area contributed by atoms with Crippen molar-refractivity contribution in [2.24, 2.45) is 0 Å². The van der Waals surface area contributed by atoms with Crippen molar-refractivity contribution < 1.29 is 4.92 Å². The van der Waals surface area contributed by atoms with E-state index in [1.54, 1.807) is 10.7 Å². The van der Waals surface area contributed by atoms with Crippen LogP contribution in [0.25, 0.3) is 0 Å². The topological polar surface area (TPSA) is 99.9 Å². The van der Waals surface area contributed by atoms with Crippen LogP contribution in [-0.2, 0) is 6.54 Å². The summed E-state index contributed by atoms with van der Waals surface area (Å²) < 4.78 is 1.66. The lowest BCUT2D eigenvalue weighted by molar-refractivity contribution is -0.384. The van der Waals surface area contributed by atoms with Crippen LogP contribution in [-0.4, -0.2) is 19.9 Å². The van der Waals surface area contributed by atoms with Crippen LogP contribution < -0.4 is 5.73 Å². The van der Waals surface area contributed by atoms with Gasteiger partial charge in [0.2, 0.25) is 0 Å². The highest BCUT2D eigenvalue weighted by Gasteiger charge is 2.16. The average molecular weight is 296 g/mol. The Balaban J connectivity index is 2.33. The summed E-state index contributed by atoms with van der Waals surface area (Å²) in [5.74, 6) is 0.555. The van der Waals surface area contributed by atoms with Crippen LogP contribution >= 0.6 is 11.6 Å². The molecule has 0 fully saturated rings. The Kier molecular flexibility index (Phi) is 3.89. The van der Waals surface area contributed by atoms with E-state index < -0.39 is 4.92 Å². The van der Waals surface area contributed by atoms with Gasteiger partial charge in [-0.2, -0.15) is 0 Å². The molecule has 0 unspecified atom stereocenters. The summed E-state index contributed by atoms with van der Waals surface area (Å²) in [6, 6.07) is 4.35. The number of hydrogen-bond acceptors (Lipinski definition) is 5. The zero-order valence-corrected chi connectivity index (χ0v) is 11.8. The van der Waals surface area contributed by atoms with Gasteiger partial charge in [-0.25, -0.2) is 4.68 Å². The van der Waals surface area contributed by atoms with Gasteiger partial charge in [-0.3, -0.25) is 10.1 Å². The Morgan fingerprint density at radius 1 is 1.50 bits per heavy atom. The SMILES string of the molecule is CC(C)c1c(N)nnn1Cc1ccc([N+](=O)[O-])cc1Cl. The summed E-state index contributed by atoms with van der Waals surface area (Å²) in [7, 11) is 0. The quantitative estimate of drug-likeness (QED) is 0.690. The lowest BCUT2D eigenvalue weighted by atomic mass is 10.1. The third-order valence-electron chi connectivity index (χ3n) is 2.92. The second kappa shape index (κ2) is 5.46. The molecule has 8 heteroatoms. The van der Waals surface area contributed by atoms with Crippen molar-refractivity contribution in [1.82, 2.24) is 15.0 Å². The van der Waals surface area contributed by atoms with E-state index in [1.165, 1.54) is 12.1 Å². The number of halogens is 1. The molecule has 0 saturated heterocycles. The van der Waals surface area contributed by atoms with Crippen molar-refractivity contribution in [3.05, 3.63) is 44.6 Å². The second-order valence-corrected chi connectivity index (χ2v) is 5.11. The number of nitrogen functional groups attached to an aromatic ring is 1. The number of nitrogens with zero attached hydrogens (tertiary/aromatic N) is 4. The molecule has 106 valence electrons. The van der Waals surface area contributed by atoms with E-state index in [0.717, 1.165) is 11.3 Å². The maximum atomic E-state index is 10.7. The number of rotatable bonds is 4. The van der Waals surface area contributed by atoms with Gasteiger partial charge in [0.25, 0.3) is 5.69 Å². The van der Waals surface area contributed by atoms with Crippen LogP contribution in [0.15, 0.2) is 18.2 Å². The van der Waals surface area contributed by atoms with E-state index in [0.29, 0.717) is 17.4 Å². The molecule has 0 bridgehead atoms. The minimum Gasteiger partial charge on any atom is -0.381 e. The molecular formula is C12H14ClN5O2. The standard InChI is InChI=1S/C12H14ClN5O2/c1-7(2)11-12(14)15-16-17(11)6-8-3-4-9(18(19)20)5-10(8)13/h3-5,7H,6,14H2,1-2H3. The molecular weight excluding hydrogens is 282 g/mol. The van der Waals surface area contributed by atoms with Gasteiger partial charge in [-0.1, -0.05) is 30.7 Å². The molecule has 2 rings (SSSR count). The van der Waals surface area contributed by atoms with E-state index in [1.807, 2.05) is 13.8 Å². The van der Waals surface area contributed by atoms with Gasteiger partial charge in [0.1, 0.15) is 0 Å². The lowest BCUT2D eigenvalue weighted by Gasteiger charge is -2.10. The van der Waals surface area contributed by atoms with Crippen LogP contribution in [0, 0.1) is 10.1 Å². The van der Waals surface area contributed by atoms with Gasteiger partial charge >= 0.3 is 0 Å². The van der Waals surface area contributed by atoms with Gasteiger partial charge in [0.15, 0.2) is 5.82 Å². The molecule has 0 amide bonds. The number of nitro benzene ring substituents is 1. The summed E-state index contributed by atoms with van der Waals surface area (Å²) in [5.41, 5.74) is 7.29. The number of hydrogen-bond donors (Lipinski definition) is 1. The summed E-state index contributed by atoms with van der Waals surface area (Å²) in [4.78, 5) is 10.2. The molecule has 20 heavy (non-hydrogen) atoms. The fourth-order valence-electron chi connectivity index (χ4n) is 1.98. The molecule has 1 aromatic heterocycles. The van der Waals surface area contributed by atoms with Gasteiger partial charge in [0.05, 0.1) is 22.2 Å². The fraction of sp³-hybridized carbons (Fsp3) is 0.333. The number of nitro groups is 1. The first-order chi connectivity index (χ1) is 9.40. The molecule has 0 saturated carbocycles. The van der Waals surface area contributed by atoms with Crippen LogP contribution in [0.5, 0.6) is 0 Å². The van der Waals surface area contributed by atoms with E-state index >= 15 is 0 Å². The maximum Gasteiger partial charge on any atom is 0.270 e. The van der Waals surface area contributed by atoms with Crippen molar-refractivity contribution in [3.8, 4) is 0 Å². The largest absolute Gasteiger partial charge is 0.381 e. The third kappa shape index (κ3) is 2.72. The first-order valence-corrected chi connectivity index (χ1v) is 6.39. The zero-order valence-electron chi connectivity index (χ0n) is 11.1. The van der Waals surface area contributed by atoms with Crippen molar-refractivity contribution >= 4 is 23.1 Å². The molecule has 1 heterocycles. The summed E-state index contributed by atoms with van der Waals surface area (Å²) in [6.45, 7) is 4.35.